The van der Waals surface area contributed by atoms with Gasteiger partial charge in [0.25, 0.3) is 0 Å². The third-order valence-corrected chi connectivity index (χ3v) is 3.05. The van der Waals surface area contributed by atoms with Crippen molar-refractivity contribution >= 4 is 27.8 Å². The molecule has 0 saturated heterocycles. The Morgan fingerprint density at radius 3 is 2.35 bits per heavy atom. The van der Waals surface area contributed by atoms with E-state index in [0.29, 0.717) is 11.4 Å². The lowest BCUT2D eigenvalue weighted by atomic mass is 10.1. The maximum Gasteiger partial charge on any atom is 0.167 e. The highest BCUT2D eigenvalue weighted by molar-refractivity contribution is 5.99. The molecule has 0 atom stereocenters. The maximum absolute atomic E-state index is 10.1. The summed E-state index contributed by atoms with van der Waals surface area (Å²) in [7, 11) is 0. The van der Waals surface area contributed by atoms with Crippen LogP contribution in [-0.2, 0) is 0 Å². The number of fused-ring (bicyclic) bond motifs is 1. The van der Waals surface area contributed by atoms with Crippen LogP contribution in [0, 0.1) is 0 Å². The van der Waals surface area contributed by atoms with Crippen LogP contribution in [0.3, 0.4) is 0 Å². The zero-order chi connectivity index (χ0) is 13.9. The van der Waals surface area contributed by atoms with Gasteiger partial charge in [0.2, 0.25) is 0 Å². The lowest BCUT2D eigenvalue weighted by Crippen LogP contribution is -1.86. The number of hydrogen-bond acceptors (Lipinski definition) is 4. The zero-order valence-corrected chi connectivity index (χ0v) is 10.7. The molecule has 3 N–H and O–H groups in total. The fraction of sp³-hybridized carbons (Fsp3) is 0. The summed E-state index contributed by atoms with van der Waals surface area (Å²) < 4.78 is 0. The molecule has 0 heterocycles. The lowest BCUT2D eigenvalue weighted by molar-refractivity contribution is 0.480. The molecule has 3 rings (SSSR count). The Morgan fingerprint density at radius 1 is 0.850 bits per heavy atom. The largest absolute Gasteiger partial charge is 0.504 e. The highest BCUT2D eigenvalue weighted by atomic mass is 16.3. The van der Waals surface area contributed by atoms with Crippen molar-refractivity contribution in [2.24, 2.45) is 10.2 Å². The quantitative estimate of drug-likeness (QED) is 0.404. The molecule has 20 heavy (non-hydrogen) atoms. The Kier molecular flexibility index (Phi) is 3.05. The lowest BCUT2D eigenvalue weighted by Gasteiger charge is -2.06. The molecule has 0 fully saturated rings. The Hall–Kier alpha value is -2.88. The smallest absolute Gasteiger partial charge is 0.167 e. The number of phenols is 1. The molecule has 98 valence electrons. The molecule has 0 amide bonds. The van der Waals surface area contributed by atoms with Gasteiger partial charge in [-0.3, -0.25) is 0 Å². The number of nitrogens with two attached hydrogens (primary N) is 1. The Balaban J connectivity index is 2.15. The second-order valence-electron chi connectivity index (χ2n) is 4.42. The van der Waals surface area contributed by atoms with E-state index in [0.717, 1.165) is 16.5 Å². The van der Waals surface area contributed by atoms with Crippen LogP contribution in [0.4, 0.5) is 17.1 Å². The molecule has 4 heteroatoms. The summed E-state index contributed by atoms with van der Waals surface area (Å²) in [6.45, 7) is 0. The predicted octanol–water partition coefficient (Wildman–Crippen LogP) is 4.54. The minimum Gasteiger partial charge on any atom is -0.504 e. The van der Waals surface area contributed by atoms with Crippen molar-refractivity contribution in [3.05, 3.63) is 60.7 Å². The van der Waals surface area contributed by atoms with Crippen molar-refractivity contribution in [1.29, 1.82) is 0 Å². The van der Waals surface area contributed by atoms with Gasteiger partial charge < -0.3 is 10.8 Å². The molecule has 0 unspecified atom stereocenters. The molecule has 3 aromatic rings. The van der Waals surface area contributed by atoms with Crippen molar-refractivity contribution in [3.8, 4) is 5.75 Å². The summed E-state index contributed by atoms with van der Waals surface area (Å²) in [4.78, 5) is 0. The monoisotopic (exact) mass is 263 g/mol. The number of phenolic OH excluding ortho intramolecular Hbond substituents is 1. The first kappa shape index (κ1) is 12.2. The topological polar surface area (TPSA) is 71.0 Å². The summed E-state index contributed by atoms with van der Waals surface area (Å²) in [6.07, 6.45) is 0. The number of benzene rings is 3. The number of rotatable bonds is 2. The van der Waals surface area contributed by atoms with Crippen LogP contribution in [0.1, 0.15) is 0 Å². The van der Waals surface area contributed by atoms with Crippen LogP contribution < -0.4 is 5.73 Å². The molecule has 0 bridgehead atoms. The number of aromatic hydroxyl groups is 1. The normalized spacial score (nSPS) is 11.2. The minimum atomic E-state index is -0.0385. The summed E-state index contributed by atoms with van der Waals surface area (Å²) >= 11 is 0. The standard InChI is InChI=1S/C16H13N3O/c17-14-10-11-6-4-5-9-13(11)15(16(14)20)19-18-12-7-2-1-3-8-12/h1-10,20H,17H2. The van der Waals surface area contributed by atoms with Crippen molar-refractivity contribution < 1.29 is 5.11 Å². The van der Waals surface area contributed by atoms with Crippen LogP contribution >= 0.6 is 0 Å². The molecular weight excluding hydrogens is 250 g/mol. The van der Waals surface area contributed by atoms with E-state index in [2.05, 4.69) is 10.2 Å². The van der Waals surface area contributed by atoms with Gasteiger partial charge in [0, 0.05) is 5.39 Å². The molecule has 0 saturated carbocycles. The minimum absolute atomic E-state index is 0.0385. The van der Waals surface area contributed by atoms with E-state index >= 15 is 0 Å². The van der Waals surface area contributed by atoms with Gasteiger partial charge in [-0.25, -0.2) is 0 Å². The Bertz CT molecular complexity index is 782. The number of azo groups is 1. The van der Waals surface area contributed by atoms with Gasteiger partial charge >= 0.3 is 0 Å². The van der Waals surface area contributed by atoms with E-state index in [9.17, 15) is 5.11 Å². The second kappa shape index (κ2) is 5.01. The van der Waals surface area contributed by atoms with E-state index in [4.69, 9.17) is 5.73 Å². The summed E-state index contributed by atoms with van der Waals surface area (Å²) in [5.41, 5.74) is 7.21. The third kappa shape index (κ3) is 2.19. The number of nitrogen functional groups attached to an aromatic ring is 1. The summed E-state index contributed by atoms with van der Waals surface area (Å²) in [5, 5.41) is 20.1. The second-order valence-corrected chi connectivity index (χ2v) is 4.42. The van der Waals surface area contributed by atoms with Gasteiger partial charge in [-0.1, -0.05) is 42.5 Å². The van der Waals surface area contributed by atoms with Gasteiger partial charge in [0.15, 0.2) is 5.75 Å². The molecule has 4 nitrogen and oxygen atoms in total. The van der Waals surface area contributed by atoms with Gasteiger partial charge in [-0.15, -0.1) is 5.11 Å². The highest BCUT2D eigenvalue weighted by Crippen LogP contribution is 2.40. The van der Waals surface area contributed by atoms with Crippen molar-refractivity contribution in [1.82, 2.24) is 0 Å². The predicted molar refractivity (Wildman–Crippen MR) is 80.6 cm³/mol. The summed E-state index contributed by atoms with van der Waals surface area (Å²) in [6, 6.07) is 18.7. The molecule has 0 radical (unpaired) electrons. The number of hydrogen-bond donors (Lipinski definition) is 2. The van der Waals surface area contributed by atoms with Gasteiger partial charge in [-0.2, -0.15) is 5.11 Å². The fourth-order valence-electron chi connectivity index (χ4n) is 2.04. The highest BCUT2D eigenvalue weighted by Gasteiger charge is 2.10. The molecule has 0 aliphatic carbocycles. The SMILES string of the molecule is Nc1cc2ccccc2c(N=Nc2ccccc2)c1O. The Morgan fingerprint density at radius 2 is 1.55 bits per heavy atom. The molecular formula is C16H13N3O. The van der Waals surface area contributed by atoms with Crippen LogP contribution in [-0.4, -0.2) is 5.11 Å². The van der Waals surface area contributed by atoms with Crippen LogP contribution in [0.25, 0.3) is 10.8 Å². The molecule has 3 aromatic carbocycles. The van der Waals surface area contributed by atoms with E-state index in [1.54, 1.807) is 6.07 Å². The van der Waals surface area contributed by atoms with E-state index in [1.165, 1.54) is 0 Å². The van der Waals surface area contributed by atoms with Crippen LogP contribution in [0.2, 0.25) is 0 Å². The van der Waals surface area contributed by atoms with E-state index < -0.39 is 0 Å². The maximum atomic E-state index is 10.1. The van der Waals surface area contributed by atoms with E-state index in [-0.39, 0.29) is 5.75 Å². The van der Waals surface area contributed by atoms with Crippen molar-refractivity contribution in [2.75, 3.05) is 5.73 Å². The average molecular weight is 263 g/mol. The van der Waals surface area contributed by atoms with Gasteiger partial charge in [0.1, 0.15) is 5.69 Å². The molecule has 0 aliphatic heterocycles. The zero-order valence-electron chi connectivity index (χ0n) is 10.7. The van der Waals surface area contributed by atoms with Crippen LogP contribution in [0.15, 0.2) is 70.9 Å². The van der Waals surface area contributed by atoms with E-state index in [1.807, 2.05) is 54.6 Å². The van der Waals surface area contributed by atoms with Gasteiger partial charge in [0.05, 0.1) is 11.4 Å². The first-order valence-electron chi connectivity index (χ1n) is 6.22. The van der Waals surface area contributed by atoms with Crippen molar-refractivity contribution in [2.45, 2.75) is 0 Å². The fourth-order valence-corrected chi connectivity index (χ4v) is 2.04. The van der Waals surface area contributed by atoms with Crippen molar-refractivity contribution in [3.63, 3.8) is 0 Å². The summed E-state index contributed by atoms with van der Waals surface area (Å²) in [5.74, 6) is -0.0385. The molecule has 0 aromatic heterocycles. The first-order valence-corrected chi connectivity index (χ1v) is 6.22. The van der Waals surface area contributed by atoms with Crippen LogP contribution in [0.5, 0.6) is 5.75 Å². The van der Waals surface area contributed by atoms with Gasteiger partial charge in [-0.05, 0) is 23.6 Å². The molecule has 0 aliphatic rings. The Labute approximate surface area is 116 Å². The first-order chi connectivity index (χ1) is 9.75. The average Bonchev–Trinajstić information content (AvgIpc) is 2.49. The number of nitrogens with zero attached hydrogens (tertiary/aromatic N) is 2. The molecule has 0 spiro atoms. The number of anilines is 1. The third-order valence-electron chi connectivity index (χ3n) is 3.05.